The van der Waals surface area contributed by atoms with E-state index in [-0.39, 0.29) is 17.8 Å². The molecule has 1 aromatic rings. The number of hydrogen-bond donors (Lipinski definition) is 1. The molecule has 1 rings (SSSR count). The maximum absolute atomic E-state index is 12.1. The van der Waals surface area contributed by atoms with E-state index in [0.29, 0.717) is 13.2 Å². The largest absolute Gasteiger partial charge is 0.573 e. The number of rotatable bonds is 7. The minimum atomic E-state index is -4.68. The number of nitrogens with zero attached hydrogens (tertiary/aromatic N) is 1. The highest BCUT2D eigenvalue weighted by atomic mass is 19.4. The van der Waals surface area contributed by atoms with Crippen molar-refractivity contribution in [3.05, 3.63) is 29.8 Å². The minimum Gasteiger partial charge on any atom is -0.406 e. The lowest BCUT2D eigenvalue weighted by molar-refractivity contribution is -0.274. The Balaban J connectivity index is 2.82. The molecule has 1 aromatic carbocycles. The highest BCUT2D eigenvalue weighted by molar-refractivity contribution is 5.29. The van der Waals surface area contributed by atoms with E-state index in [0.717, 1.165) is 5.56 Å². The summed E-state index contributed by atoms with van der Waals surface area (Å²) < 4.78 is 45.3. The van der Waals surface area contributed by atoms with E-state index in [2.05, 4.69) is 4.74 Å². The molecule has 120 valence electrons. The molecule has 0 radical (unpaired) electrons. The molecule has 0 spiro atoms. The maximum Gasteiger partial charge on any atom is 0.573 e. The zero-order valence-electron chi connectivity index (χ0n) is 12.4. The van der Waals surface area contributed by atoms with Gasteiger partial charge in [-0.2, -0.15) is 0 Å². The van der Waals surface area contributed by atoms with Crippen molar-refractivity contribution in [1.82, 2.24) is 4.90 Å². The van der Waals surface area contributed by atoms with Crippen LogP contribution in [0.3, 0.4) is 0 Å². The summed E-state index contributed by atoms with van der Waals surface area (Å²) in [5.41, 5.74) is 6.62. The Morgan fingerprint density at radius 1 is 1.24 bits per heavy atom. The molecule has 0 fully saturated rings. The van der Waals surface area contributed by atoms with Crippen molar-refractivity contribution in [2.75, 3.05) is 27.3 Å². The molecule has 0 saturated carbocycles. The number of ether oxygens (including phenoxy) is 2. The molecular weight excluding hydrogens is 285 g/mol. The van der Waals surface area contributed by atoms with E-state index in [1.165, 1.54) is 12.1 Å². The Morgan fingerprint density at radius 3 is 2.24 bits per heavy atom. The predicted molar refractivity (Wildman–Crippen MR) is 74.0 cm³/mol. The van der Waals surface area contributed by atoms with Crippen molar-refractivity contribution in [3.8, 4) is 5.75 Å². The lowest BCUT2D eigenvalue weighted by atomic mass is 10.0. The van der Waals surface area contributed by atoms with Crippen molar-refractivity contribution in [2.45, 2.75) is 25.4 Å². The van der Waals surface area contributed by atoms with E-state index in [9.17, 15) is 13.2 Å². The second-order valence-corrected chi connectivity index (χ2v) is 4.84. The third kappa shape index (κ3) is 5.53. The number of nitrogens with two attached hydrogens (primary N) is 1. The standard InChI is InChI=1S/C14H21F3N2O2/c1-10(9-20-3)19(2)13(8-18)11-4-6-12(7-5-11)21-14(15,16)17/h4-7,10,13H,8-9,18H2,1-3H3. The van der Waals surface area contributed by atoms with Gasteiger partial charge < -0.3 is 15.2 Å². The highest BCUT2D eigenvalue weighted by Crippen LogP contribution is 2.26. The first-order valence-electron chi connectivity index (χ1n) is 6.55. The number of halogens is 3. The van der Waals surface area contributed by atoms with E-state index in [1.54, 1.807) is 19.2 Å². The minimum absolute atomic E-state index is 0.102. The Kier molecular flexibility index (Phi) is 6.44. The van der Waals surface area contributed by atoms with Crippen LogP contribution in [0.25, 0.3) is 0 Å². The summed E-state index contributed by atoms with van der Waals surface area (Å²) in [7, 11) is 3.52. The fourth-order valence-electron chi connectivity index (χ4n) is 2.10. The van der Waals surface area contributed by atoms with Crippen LogP contribution in [0, 0.1) is 0 Å². The number of benzene rings is 1. The van der Waals surface area contributed by atoms with Gasteiger partial charge >= 0.3 is 6.36 Å². The second kappa shape index (κ2) is 7.63. The topological polar surface area (TPSA) is 47.7 Å². The zero-order chi connectivity index (χ0) is 16.0. The number of methoxy groups -OCH3 is 1. The molecule has 2 atom stereocenters. The van der Waals surface area contributed by atoms with Gasteiger partial charge in [0.2, 0.25) is 0 Å². The van der Waals surface area contributed by atoms with Crippen LogP contribution in [0.4, 0.5) is 13.2 Å². The molecule has 0 aliphatic heterocycles. The van der Waals surface area contributed by atoms with Gasteiger partial charge in [-0.25, -0.2) is 0 Å². The molecule has 0 aliphatic rings. The first-order valence-corrected chi connectivity index (χ1v) is 6.55. The molecule has 21 heavy (non-hydrogen) atoms. The van der Waals surface area contributed by atoms with Gasteiger partial charge in [-0.15, -0.1) is 13.2 Å². The Morgan fingerprint density at radius 2 is 1.81 bits per heavy atom. The summed E-state index contributed by atoms with van der Waals surface area (Å²) in [6.07, 6.45) is -4.68. The van der Waals surface area contributed by atoms with E-state index >= 15 is 0 Å². The van der Waals surface area contributed by atoms with Gasteiger partial charge in [-0.1, -0.05) is 12.1 Å². The molecule has 7 heteroatoms. The number of alkyl halides is 3. The van der Waals surface area contributed by atoms with Crippen molar-refractivity contribution < 1.29 is 22.6 Å². The van der Waals surface area contributed by atoms with E-state index < -0.39 is 6.36 Å². The number of hydrogen-bond acceptors (Lipinski definition) is 4. The van der Waals surface area contributed by atoms with Gasteiger partial charge in [0, 0.05) is 25.7 Å². The quantitative estimate of drug-likeness (QED) is 0.841. The summed E-state index contributed by atoms with van der Waals surface area (Å²) in [5, 5.41) is 0. The van der Waals surface area contributed by atoms with Crippen LogP contribution in [0.2, 0.25) is 0 Å². The fourth-order valence-corrected chi connectivity index (χ4v) is 2.10. The zero-order valence-corrected chi connectivity index (χ0v) is 12.4. The van der Waals surface area contributed by atoms with Crippen molar-refractivity contribution in [1.29, 1.82) is 0 Å². The maximum atomic E-state index is 12.1. The van der Waals surface area contributed by atoms with Crippen LogP contribution in [-0.4, -0.2) is 44.6 Å². The number of likely N-dealkylation sites (N-methyl/N-ethyl adjacent to an activating group) is 1. The third-order valence-corrected chi connectivity index (χ3v) is 3.32. The van der Waals surface area contributed by atoms with E-state index in [1.807, 2.05) is 18.9 Å². The van der Waals surface area contributed by atoms with Crippen molar-refractivity contribution in [3.63, 3.8) is 0 Å². The molecule has 0 amide bonds. The normalized spacial score (nSPS) is 15.0. The van der Waals surface area contributed by atoms with Crippen LogP contribution in [0.15, 0.2) is 24.3 Å². The van der Waals surface area contributed by atoms with Crippen LogP contribution >= 0.6 is 0 Å². The Bertz CT molecular complexity index is 423. The Hall–Kier alpha value is -1.31. The molecule has 0 aliphatic carbocycles. The summed E-state index contributed by atoms with van der Waals surface area (Å²) in [6, 6.07) is 5.80. The monoisotopic (exact) mass is 306 g/mol. The van der Waals surface area contributed by atoms with Gasteiger partial charge in [0.1, 0.15) is 5.75 Å². The summed E-state index contributed by atoms with van der Waals surface area (Å²) in [5.74, 6) is -0.241. The predicted octanol–water partition coefficient (Wildman–Crippen LogP) is 2.55. The fraction of sp³-hybridized carbons (Fsp3) is 0.571. The second-order valence-electron chi connectivity index (χ2n) is 4.84. The highest BCUT2D eigenvalue weighted by Gasteiger charge is 2.31. The first-order chi connectivity index (χ1) is 9.78. The van der Waals surface area contributed by atoms with Gasteiger partial charge in [-0.05, 0) is 31.7 Å². The molecule has 0 aromatic heterocycles. The van der Waals surface area contributed by atoms with Crippen LogP contribution in [0.5, 0.6) is 5.75 Å². The van der Waals surface area contributed by atoms with Crippen LogP contribution in [0.1, 0.15) is 18.5 Å². The third-order valence-electron chi connectivity index (χ3n) is 3.32. The molecule has 2 unspecified atom stereocenters. The first kappa shape index (κ1) is 17.7. The summed E-state index contributed by atoms with van der Waals surface area (Å²) in [4.78, 5) is 2.03. The molecule has 0 bridgehead atoms. The SMILES string of the molecule is COCC(C)N(C)C(CN)c1ccc(OC(F)(F)F)cc1. The Labute approximate surface area is 122 Å². The smallest absolute Gasteiger partial charge is 0.406 e. The summed E-state index contributed by atoms with van der Waals surface area (Å²) in [6.45, 7) is 2.89. The lowest BCUT2D eigenvalue weighted by Crippen LogP contribution is -2.39. The summed E-state index contributed by atoms with van der Waals surface area (Å²) >= 11 is 0. The average Bonchev–Trinajstić information content (AvgIpc) is 2.40. The van der Waals surface area contributed by atoms with Gasteiger partial charge in [0.15, 0.2) is 0 Å². The van der Waals surface area contributed by atoms with Crippen LogP contribution < -0.4 is 10.5 Å². The molecule has 0 saturated heterocycles. The van der Waals surface area contributed by atoms with Crippen LogP contribution in [-0.2, 0) is 4.74 Å². The molecule has 0 heterocycles. The van der Waals surface area contributed by atoms with Gasteiger partial charge in [-0.3, -0.25) is 4.90 Å². The van der Waals surface area contributed by atoms with Crippen molar-refractivity contribution >= 4 is 0 Å². The molecule has 2 N–H and O–H groups in total. The van der Waals surface area contributed by atoms with E-state index in [4.69, 9.17) is 10.5 Å². The lowest BCUT2D eigenvalue weighted by Gasteiger charge is -2.32. The average molecular weight is 306 g/mol. The molecular formula is C14H21F3N2O2. The van der Waals surface area contributed by atoms with Gasteiger partial charge in [0.25, 0.3) is 0 Å². The van der Waals surface area contributed by atoms with Crippen molar-refractivity contribution in [2.24, 2.45) is 5.73 Å². The van der Waals surface area contributed by atoms with Gasteiger partial charge in [0.05, 0.1) is 6.61 Å². The molecule has 4 nitrogen and oxygen atoms in total.